The van der Waals surface area contributed by atoms with Crippen LogP contribution >= 0.6 is 0 Å². The molecule has 1 aromatic carbocycles. The molecule has 0 saturated heterocycles. The number of nitrogens with zero attached hydrogens (tertiary/aromatic N) is 1. The van der Waals surface area contributed by atoms with Crippen molar-refractivity contribution in [3.05, 3.63) is 46.2 Å². The van der Waals surface area contributed by atoms with Gasteiger partial charge in [-0.25, -0.2) is 0 Å². The minimum Gasteiger partial charge on any atom is -0.428 e. The number of hydrogen-bond acceptors (Lipinski definition) is 2. The van der Waals surface area contributed by atoms with E-state index in [1.54, 1.807) is 0 Å². The second-order valence-corrected chi connectivity index (χ2v) is 5.04. The fourth-order valence-corrected chi connectivity index (χ4v) is 2.38. The van der Waals surface area contributed by atoms with E-state index < -0.39 is 0 Å². The molecule has 0 aliphatic rings. The van der Waals surface area contributed by atoms with Crippen molar-refractivity contribution in [3.8, 4) is 0 Å². The molecule has 102 valence electrons. The molecule has 19 heavy (non-hydrogen) atoms. The Labute approximate surface area is 113 Å². The minimum absolute atomic E-state index is 0.0341. The van der Waals surface area contributed by atoms with Gasteiger partial charge < -0.3 is 5.21 Å². The fourth-order valence-electron chi connectivity index (χ4n) is 2.38. The maximum absolute atomic E-state index is 11.8. The molecule has 0 spiro atoms. The first-order chi connectivity index (χ1) is 9.22. The molecule has 0 atom stereocenters. The summed E-state index contributed by atoms with van der Waals surface area (Å²) in [5, 5.41) is 10.2. The summed E-state index contributed by atoms with van der Waals surface area (Å²) in [7, 11) is 0. The molecule has 0 aliphatic carbocycles. The average Bonchev–Trinajstić information content (AvgIpc) is 2.43. The summed E-state index contributed by atoms with van der Waals surface area (Å²) < 4.78 is 1.00. The van der Waals surface area contributed by atoms with Crippen LogP contribution < -0.4 is 5.43 Å². The number of aryl methyl sites for hydroxylation is 1. The third-order valence-corrected chi connectivity index (χ3v) is 3.51. The van der Waals surface area contributed by atoms with Gasteiger partial charge in [-0.05, 0) is 30.5 Å². The molecule has 0 amide bonds. The quantitative estimate of drug-likeness (QED) is 0.634. The highest BCUT2D eigenvalue weighted by Gasteiger charge is 2.03. The van der Waals surface area contributed by atoms with Gasteiger partial charge in [0.05, 0.1) is 5.52 Å². The normalized spacial score (nSPS) is 11.0. The van der Waals surface area contributed by atoms with Crippen molar-refractivity contribution in [2.75, 3.05) is 0 Å². The molecular formula is C16H21NO2. The Bertz CT molecular complexity index is 601. The maximum atomic E-state index is 11.8. The zero-order valence-corrected chi connectivity index (χ0v) is 11.4. The monoisotopic (exact) mass is 259 g/mol. The second-order valence-electron chi connectivity index (χ2n) is 5.04. The molecule has 1 heterocycles. The molecule has 2 aromatic rings. The minimum atomic E-state index is -0.0341. The van der Waals surface area contributed by atoms with Gasteiger partial charge in [-0.3, -0.25) is 4.79 Å². The molecule has 3 heteroatoms. The number of unbranched alkanes of at least 4 members (excludes halogenated alkanes) is 4. The molecule has 0 aliphatic heterocycles. The first-order valence-electron chi connectivity index (χ1n) is 7.06. The topological polar surface area (TPSA) is 42.2 Å². The summed E-state index contributed by atoms with van der Waals surface area (Å²) in [5.74, 6) is 0. The van der Waals surface area contributed by atoms with Gasteiger partial charge in [0.1, 0.15) is 0 Å². The highest BCUT2D eigenvalue weighted by atomic mass is 16.5. The Balaban J connectivity index is 2.09. The smallest absolute Gasteiger partial charge is 0.189 e. The number of rotatable bonds is 6. The van der Waals surface area contributed by atoms with Crippen molar-refractivity contribution in [1.82, 2.24) is 4.73 Å². The van der Waals surface area contributed by atoms with Crippen LogP contribution in [0.1, 0.15) is 44.6 Å². The van der Waals surface area contributed by atoms with Gasteiger partial charge in [0.15, 0.2) is 5.43 Å². The molecule has 0 bridgehead atoms. The molecule has 3 nitrogen and oxygen atoms in total. The predicted octanol–water partition coefficient (Wildman–Crippen LogP) is 3.75. The molecule has 1 aromatic heterocycles. The molecule has 0 unspecified atom stereocenters. The number of hydrogen-bond donors (Lipinski definition) is 1. The lowest BCUT2D eigenvalue weighted by atomic mass is 10.0. The first kappa shape index (κ1) is 13.7. The number of benzene rings is 1. The highest BCUT2D eigenvalue weighted by molar-refractivity contribution is 5.79. The van der Waals surface area contributed by atoms with E-state index in [0.717, 1.165) is 17.6 Å². The number of aromatic nitrogens is 1. The van der Waals surface area contributed by atoms with E-state index in [-0.39, 0.29) is 5.43 Å². The van der Waals surface area contributed by atoms with Gasteiger partial charge in [-0.1, -0.05) is 38.7 Å². The summed E-state index contributed by atoms with van der Waals surface area (Å²) in [6.07, 6.45) is 8.62. The predicted molar refractivity (Wildman–Crippen MR) is 77.9 cm³/mol. The summed E-state index contributed by atoms with van der Waals surface area (Å²) in [6.45, 7) is 2.21. The van der Waals surface area contributed by atoms with Crippen molar-refractivity contribution in [3.63, 3.8) is 0 Å². The average molecular weight is 259 g/mol. The largest absolute Gasteiger partial charge is 0.428 e. The van der Waals surface area contributed by atoms with Crippen LogP contribution in [-0.4, -0.2) is 9.94 Å². The zero-order valence-electron chi connectivity index (χ0n) is 11.4. The number of fused-ring (bicyclic) bond motifs is 1. The Kier molecular flexibility index (Phi) is 4.61. The Hall–Kier alpha value is -1.77. The van der Waals surface area contributed by atoms with E-state index in [4.69, 9.17) is 0 Å². The van der Waals surface area contributed by atoms with Gasteiger partial charge in [-0.2, -0.15) is 4.73 Å². The molecule has 0 saturated carbocycles. The van der Waals surface area contributed by atoms with E-state index in [2.05, 4.69) is 6.92 Å². The molecule has 0 radical (unpaired) electrons. The second kappa shape index (κ2) is 6.41. The van der Waals surface area contributed by atoms with Crippen molar-refractivity contribution >= 4 is 10.9 Å². The first-order valence-corrected chi connectivity index (χ1v) is 7.06. The summed E-state index contributed by atoms with van der Waals surface area (Å²) in [4.78, 5) is 11.8. The van der Waals surface area contributed by atoms with Gasteiger partial charge in [0.25, 0.3) is 0 Å². The van der Waals surface area contributed by atoms with Crippen molar-refractivity contribution in [2.45, 2.75) is 45.4 Å². The van der Waals surface area contributed by atoms with Crippen LogP contribution in [0.3, 0.4) is 0 Å². The molecular weight excluding hydrogens is 238 g/mol. The van der Waals surface area contributed by atoms with Crippen LogP contribution in [0.4, 0.5) is 0 Å². The van der Waals surface area contributed by atoms with Crippen LogP contribution in [0.25, 0.3) is 10.9 Å². The SMILES string of the molecule is CCCCCCCc1ccc2c(c1)c(=O)ccn2O. The summed E-state index contributed by atoms with van der Waals surface area (Å²) in [5.41, 5.74) is 1.71. The van der Waals surface area contributed by atoms with Crippen LogP contribution in [0.2, 0.25) is 0 Å². The highest BCUT2D eigenvalue weighted by Crippen LogP contribution is 2.14. The van der Waals surface area contributed by atoms with Crippen LogP contribution in [0.5, 0.6) is 0 Å². The van der Waals surface area contributed by atoms with Crippen molar-refractivity contribution in [1.29, 1.82) is 0 Å². The van der Waals surface area contributed by atoms with Gasteiger partial charge in [0.2, 0.25) is 0 Å². The standard InChI is InChI=1S/C16H21NO2/c1-2-3-4-5-6-7-13-8-9-15-14(12-13)16(18)10-11-17(15)19/h8-12,19H,2-7H2,1H3. The lowest BCUT2D eigenvalue weighted by molar-refractivity contribution is 0.198. The van der Waals surface area contributed by atoms with Gasteiger partial charge in [-0.15, -0.1) is 0 Å². The van der Waals surface area contributed by atoms with E-state index in [1.807, 2.05) is 18.2 Å². The Morgan fingerprint density at radius 1 is 1.11 bits per heavy atom. The number of pyridine rings is 1. The van der Waals surface area contributed by atoms with Gasteiger partial charge >= 0.3 is 0 Å². The summed E-state index contributed by atoms with van der Waals surface area (Å²) in [6, 6.07) is 7.12. The van der Waals surface area contributed by atoms with Crippen LogP contribution in [0, 0.1) is 0 Å². The van der Waals surface area contributed by atoms with E-state index in [9.17, 15) is 10.0 Å². The van der Waals surface area contributed by atoms with Gasteiger partial charge in [0, 0.05) is 17.6 Å². The Morgan fingerprint density at radius 2 is 1.89 bits per heavy atom. The molecule has 2 rings (SSSR count). The molecule has 0 fully saturated rings. The molecule has 1 N–H and O–H groups in total. The summed E-state index contributed by atoms with van der Waals surface area (Å²) >= 11 is 0. The maximum Gasteiger partial charge on any atom is 0.189 e. The van der Waals surface area contributed by atoms with E-state index >= 15 is 0 Å². The van der Waals surface area contributed by atoms with E-state index in [1.165, 1.54) is 43.5 Å². The third kappa shape index (κ3) is 3.37. The van der Waals surface area contributed by atoms with Crippen LogP contribution in [0.15, 0.2) is 35.3 Å². The lowest BCUT2D eigenvalue weighted by Gasteiger charge is -2.06. The third-order valence-electron chi connectivity index (χ3n) is 3.51. The Morgan fingerprint density at radius 3 is 2.68 bits per heavy atom. The van der Waals surface area contributed by atoms with Crippen molar-refractivity contribution < 1.29 is 5.21 Å². The van der Waals surface area contributed by atoms with Crippen LogP contribution in [-0.2, 0) is 6.42 Å². The van der Waals surface area contributed by atoms with E-state index in [0.29, 0.717) is 10.9 Å². The van der Waals surface area contributed by atoms with Crippen molar-refractivity contribution in [2.24, 2.45) is 0 Å². The zero-order chi connectivity index (χ0) is 13.7. The fraction of sp³-hybridized carbons (Fsp3) is 0.438. The lowest BCUT2D eigenvalue weighted by Crippen LogP contribution is -2.06.